The Balaban J connectivity index is 2.04. The number of likely N-dealkylation sites (tertiary alicyclic amines) is 1. The third-order valence-electron chi connectivity index (χ3n) is 4.44. The van der Waals surface area contributed by atoms with Crippen molar-refractivity contribution in [3.63, 3.8) is 0 Å². The number of rotatable bonds is 3. The van der Waals surface area contributed by atoms with Crippen molar-refractivity contribution < 1.29 is 9.59 Å². The molecule has 0 radical (unpaired) electrons. The molecule has 0 aromatic carbocycles. The first kappa shape index (κ1) is 16.4. The van der Waals surface area contributed by atoms with Gasteiger partial charge >= 0.3 is 0 Å². The number of aromatic nitrogens is 3. The van der Waals surface area contributed by atoms with Crippen LogP contribution in [0.5, 0.6) is 0 Å². The molecule has 2 aromatic rings. The first-order valence-electron chi connectivity index (χ1n) is 8.26. The fourth-order valence-corrected chi connectivity index (χ4v) is 3.22. The summed E-state index contributed by atoms with van der Waals surface area (Å²) in [6.07, 6.45) is 5.11. The summed E-state index contributed by atoms with van der Waals surface area (Å²) in [6.45, 7) is 4.60. The maximum atomic E-state index is 12.5. The van der Waals surface area contributed by atoms with Gasteiger partial charge in [0.15, 0.2) is 5.65 Å². The number of nitrogens with zero attached hydrogens (tertiary/aromatic N) is 5. The minimum Gasteiger partial charge on any atom is -0.345 e. The van der Waals surface area contributed by atoms with Crippen molar-refractivity contribution >= 4 is 17.5 Å². The molecule has 1 aliphatic heterocycles. The fourth-order valence-electron chi connectivity index (χ4n) is 3.22. The smallest absolute Gasteiger partial charge is 0.258 e. The molecular weight excluding hydrogens is 306 g/mol. The summed E-state index contributed by atoms with van der Waals surface area (Å²) in [6, 6.07) is 1.87. The molecule has 2 aromatic heterocycles. The second-order valence-corrected chi connectivity index (χ2v) is 6.71. The van der Waals surface area contributed by atoms with E-state index in [1.807, 2.05) is 24.8 Å². The van der Waals surface area contributed by atoms with E-state index in [4.69, 9.17) is 0 Å². The van der Waals surface area contributed by atoms with Crippen molar-refractivity contribution in [2.75, 3.05) is 20.6 Å². The van der Waals surface area contributed by atoms with Crippen LogP contribution in [-0.4, -0.2) is 56.9 Å². The molecular formula is C17H23N5O2. The van der Waals surface area contributed by atoms with Gasteiger partial charge in [0, 0.05) is 32.8 Å². The maximum absolute atomic E-state index is 12.5. The van der Waals surface area contributed by atoms with Gasteiger partial charge in [-0.3, -0.25) is 9.59 Å². The van der Waals surface area contributed by atoms with E-state index in [0.29, 0.717) is 11.2 Å². The van der Waals surface area contributed by atoms with Crippen molar-refractivity contribution in [1.82, 2.24) is 24.4 Å². The van der Waals surface area contributed by atoms with E-state index in [-0.39, 0.29) is 23.8 Å². The lowest BCUT2D eigenvalue weighted by atomic mass is 10.1. The minimum atomic E-state index is -0.129. The molecule has 1 unspecified atom stereocenters. The summed E-state index contributed by atoms with van der Waals surface area (Å²) >= 11 is 0. The van der Waals surface area contributed by atoms with Crippen molar-refractivity contribution in [3.05, 3.63) is 29.7 Å². The van der Waals surface area contributed by atoms with Gasteiger partial charge in [0.25, 0.3) is 5.91 Å². The molecule has 0 saturated carbocycles. The Kier molecular flexibility index (Phi) is 4.26. The Labute approximate surface area is 141 Å². The maximum Gasteiger partial charge on any atom is 0.258 e. The number of hydrogen-bond donors (Lipinski definition) is 0. The Bertz CT molecular complexity index is 780. The van der Waals surface area contributed by atoms with E-state index in [0.717, 1.165) is 25.1 Å². The molecule has 3 rings (SSSR count). The lowest BCUT2D eigenvalue weighted by Crippen LogP contribution is -2.34. The number of hydrogen-bond acceptors (Lipinski definition) is 4. The van der Waals surface area contributed by atoms with Crippen LogP contribution in [0.15, 0.2) is 18.5 Å². The zero-order valence-electron chi connectivity index (χ0n) is 14.6. The Morgan fingerprint density at radius 1 is 1.33 bits per heavy atom. The average molecular weight is 329 g/mol. The Morgan fingerprint density at radius 2 is 2.08 bits per heavy atom. The molecule has 3 heterocycles. The van der Waals surface area contributed by atoms with Crippen LogP contribution in [0.4, 0.5) is 0 Å². The van der Waals surface area contributed by atoms with Crippen LogP contribution in [0.1, 0.15) is 48.8 Å². The lowest BCUT2D eigenvalue weighted by molar-refractivity contribution is -0.135. The van der Waals surface area contributed by atoms with Crippen LogP contribution in [-0.2, 0) is 4.79 Å². The van der Waals surface area contributed by atoms with Gasteiger partial charge in [-0.15, -0.1) is 0 Å². The van der Waals surface area contributed by atoms with Gasteiger partial charge < -0.3 is 9.80 Å². The van der Waals surface area contributed by atoms with E-state index in [1.54, 1.807) is 31.0 Å². The van der Waals surface area contributed by atoms with E-state index in [9.17, 15) is 9.59 Å². The summed E-state index contributed by atoms with van der Waals surface area (Å²) in [5.74, 6) is -0.0122. The Morgan fingerprint density at radius 3 is 2.75 bits per heavy atom. The summed E-state index contributed by atoms with van der Waals surface area (Å²) in [5, 5.41) is 4.37. The predicted octanol–water partition coefficient (Wildman–Crippen LogP) is 1.75. The number of carbonyl (C=O) groups excluding carboxylic acids is 2. The number of carbonyl (C=O) groups is 2. The molecule has 1 saturated heterocycles. The van der Waals surface area contributed by atoms with E-state index < -0.39 is 0 Å². The lowest BCUT2D eigenvalue weighted by Gasteiger charge is -2.26. The number of fused-ring (bicyclic) bond motifs is 1. The molecule has 0 aliphatic carbocycles. The van der Waals surface area contributed by atoms with Crippen molar-refractivity contribution in [3.8, 4) is 0 Å². The Hall–Kier alpha value is -2.44. The number of amides is 2. The van der Waals surface area contributed by atoms with Gasteiger partial charge in [0.1, 0.15) is 5.56 Å². The van der Waals surface area contributed by atoms with Crippen LogP contribution in [0.3, 0.4) is 0 Å². The molecule has 1 fully saturated rings. The molecule has 128 valence electrons. The first-order chi connectivity index (χ1) is 11.4. The molecule has 0 spiro atoms. The highest BCUT2D eigenvalue weighted by Gasteiger charge is 2.33. The highest BCUT2D eigenvalue weighted by atomic mass is 16.2. The molecule has 7 heteroatoms. The van der Waals surface area contributed by atoms with Crippen molar-refractivity contribution in [1.29, 1.82) is 0 Å². The van der Waals surface area contributed by atoms with Crippen LogP contribution >= 0.6 is 0 Å². The van der Waals surface area contributed by atoms with E-state index in [1.165, 1.54) is 4.90 Å². The van der Waals surface area contributed by atoms with E-state index >= 15 is 0 Å². The van der Waals surface area contributed by atoms with Gasteiger partial charge in [0.05, 0.1) is 17.9 Å². The predicted molar refractivity (Wildman–Crippen MR) is 89.5 cm³/mol. The second kappa shape index (κ2) is 6.22. The largest absolute Gasteiger partial charge is 0.345 e. The fraction of sp³-hybridized carbons (Fsp3) is 0.529. The molecule has 0 N–H and O–H groups in total. The van der Waals surface area contributed by atoms with Crippen molar-refractivity contribution in [2.45, 2.75) is 32.7 Å². The molecule has 1 atom stereocenters. The van der Waals surface area contributed by atoms with Gasteiger partial charge in [-0.25, -0.2) is 9.50 Å². The molecule has 2 amide bonds. The molecule has 1 aliphatic rings. The molecule has 7 nitrogen and oxygen atoms in total. The van der Waals surface area contributed by atoms with Crippen LogP contribution in [0.2, 0.25) is 0 Å². The first-order valence-corrected chi connectivity index (χ1v) is 8.26. The molecule has 24 heavy (non-hydrogen) atoms. The third-order valence-corrected chi connectivity index (χ3v) is 4.44. The van der Waals surface area contributed by atoms with Gasteiger partial charge in [-0.05, 0) is 18.9 Å². The standard InChI is InChI=1S/C17H23N5O2/c1-11(2)16(23)21-9-5-6-13(21)14-7-8-18-15-12(10-19-22(14)15)17(24)20(3)4/h7-8,10-11,13H,5-6,9H2,1-4H3. The topological polar surface area (TPSA) is 70.8 Å². The summed E-state index contributed by atoms with van der Waals surface area (Å²) < 4.78 is 1.70. The second-order valence-electron chi connectivity index (χ2n) is 6.71. The SMILES string of the molecule is CC(C)C(=O)N1CCCC1c1ccnc2c(C(=O)N(C)C)cnn12. The quantitative estimate of drug-likeness (QED) is 0.860. The van der Waals surface area contributed by atoms with Crippen LogP contribution < -0.4 is 0 Å². The monoisotopic (exact) mass is 329 g/mol. The van der Waals surface area contributed by atoms with E-state index in [2.05, 4.69) is 10.1 Å². The van der Waals surface area contributed by atoms with Gasteiger partial charge in [-0.1, -0.05) is 13.8 Å². The highest BCUT2D eigenvalue weighted by molar-refractivity contribution is 5.99. The third kappa shape index (κ3) is 2.64. The van der Waals surface area contributed by atoms with Crippen LogP contribution in [0, 0.1) is 5.92 Å². The minimum absolute atomic E-state index is 0.0207. The normalized spacial score (nSPS) is 17.7. The summed E-state index contributed by atoms with van der Waals surface area (Å²) in [5.41, 5.74) is 1.92. The zero-order valence-corrected chi connectivity index (χ0v) is 14.6. The van der Waals surface area contributed by atoms with Gasteiger partial charge in [0.2, 0.25) is 5.91 Å². The molecule has 0 bridgehead atoms. The highest BCUT2D eigenvalue weighted by Crippen LogP contribution is 2.33. The van der Waals surface area contributed by atoms with Crippen molar-refractivity contribution in [2.24, 2.45) is 5.92 Å². The zero-order chi connectivity index (χ0) is 17.4. The van der Waals surface area contributed by atoms with Crippen LogP contribution in [0.25, 0.3) is 5.65 Å². The summed E-state index contributed by atoms with van der Waals surface area (Å²) in [4.78, 5) is 32.5. The van der Waals surface area contributed by atoms with Gasteiger partial charge in [-0.2, -0.15) is 5.10 Å². The average Bonchev–Trinajstić information content (AvgIpc) is 3.19. The summed E-state index contributed by atoms with van der Waals surface area (Å²) in [7, 11) is 3.41.